The van der Waals surface area contributed by atoms with Gasteiger partial charge in [-0.05, 0) is 32.4 Å². The van der Waals surface area contributed by atoms with Crippen LogP contribution in [0.3, 0.4) is 0 Å². The standard InChI is InChI=1S/C21H20FN3O2/c1-4-5-17(24-14(3)25-11-10-18(26)19(27)12-25)16-9-8-15-7-6-13(2)23-21(15)20(16)22/h5-12,27H,4H2,1-3H3/b17-5-,24-14?. The average Bonchev–Trinajstić information content (AvgIpc) is 2.64. The van der Waals surface area contributed by atoms with E-state index in [4.69, 9.17) is 0 Å². The van der Waals surface area contributed by atoms with Crippen LogP contribution in [-0.4, -0.2) is 20.5 Å². The van der Waals surface area contributed by atoms with Crippen molar-refractivity contribution in [2.75, 3.05) is 0 Å². The van der Waals surface area contributed by atoms with Crippen LogP contribution in [0, 0.1) is 12.7 Å². The van der Waals surface area contributed by atoms with Gasteiger partial charge in [-0.1, -0.05) is 25.1 Å². The number of hydrogen-bond donors (Lipinski definition) is 1. The summed E-state index contributed by atoms with van der Waals surface area (Å²) in [6, 6.07) is 8.44. The van der Waals surface area contributed by atoms with E-state index in [1.54, 1.807) is 13.0 Å². The Kier molecular flexibility index (Phi) is 5.16. The summed E-state index contributed by atoms with van der Waals surface area (Å²) in [5.41, 5.74) is 1.40. The first-order valence-electron chi connectivity index (χ1n) is 8.64. The summed E-state index contributed by atoms with van der Waals surface area (Å²) >= 11 is 0. The number of aromatic hydroxyl groups is 1. The van der Waals surface area contributed by atoms with E-state index in [0.717, 1.165) is 11.1 Å². The third-order valence-electron chi connectivity index (χ3n) is 4.17. The maximum Gasteiger partial charge on any atom is 0.223 e. The van der Waals surface area contributed by atoms with Gasteiger partial charge >= 0.3 is 0 Å². The van der Waals surface area contributed by atoms with Crippen molar-refractivity contribution in [2.24, 2.45) is 4.99 Å². The fourth-order valence-electron chi connectivity index (χ4n) is 2.76. The molecule has 0 unspecified atom stereocenters. The molecular weight excluding hydrogens is 345 g/mol. The molecular formula is C21H20FN3O2. The molecule has 0 spiro atoms. The molecule has 138 valence electrons. The van der Waals surface area contributed by atoms with Gasteiger partial charge in [-0.3, -0.25) is 9.78 Å². The first-order chi connectivity index (χ1) is 12.9. The molecule has 1 N–H and O–H groups in total. The molecule has 0 radical (unpaired) electrons. The molecule has 0 aliphatic heterocycles. The number of halogens is 1. The number of aromatic nitrogens is 2. The van der Waals surface area contributed by atoms with E-state index in [2.05, 4.69) is 9.98 Å². The van der Waals surface area contributed by atoms with Gasteiger partial charge in [-0.15, -0.1) is 0 Å². The zero-order valence-corrected chi connectivity index (χ0v) is 15.4. The van der Waals surface area contributed by atoms with Crippen molar-refractivity contribution in [1.82, 2.24) is 9.55 Å². The second-order valence-corrected chi connectivity index (χ2v) is 6.21. The van der Waals surface area contributed by atoms with E-state index in [0.29, 0.717) is 29.0 Å². The lowest BCUT2D eigenvalue weighted by Gasteiger charge is -2.10. The Labute approximate surface area is 156 Å². The molecule has 0 aliphatic rings. The average molecular weight is 365 g/mol. The first kappa shape index (κ1) is 18.5. The number of aliphatic imine (C=N–C) groups is 1. The van der Waals surface area contributed by atoms with Gasteiger partial charge in [0.25, 0.3) is 0 Å². The van der Waals surface area contributed by atoms with Crippen molar-refractivity contribution in [3.8, 4) is 5.75 Å². The highest BCUT2D eigenvalue weighted by Crippen LogP contribution is 2.26. The number of aryl methyl sites for hydroxylation is 1. The minimum Gasteiger partial charge on any atom is -0.503 e. The van der Waals surface area contributed by atoms with Crippen LogP contribution < -0.4 is 5.43 Å². The number of fused-ring (bicyclic) bond motifs is 1. The normalized spacial score (nSPS) is 12.6. The van der Waals surface area contributed by atoms with Crippen LogP contribution in [0.4, 0.5) is 4.39 Å². The molecule has 1 aromatic carbocycles. The molecule has 27 heavy (non-hydrogen) atoms. The minimum absolute atomic E-state index is 0.309. The Morgan fingerprint density at radius 1 is 1.30 bits per heavy atom. The van der Waals surface area contributed by atoms with E-state index in [-0.39, 0.29) is 5.75 Å². The van der Waals surface area contributed by atoms with Crippen LogP contribution in [0.5, 0.6) is 5.75 Å². The maximum atomic E-state index is 15.1. The van der Waals surface area contributed by atoms with Gasteiger partial charge in [0.15, 0.2) is 11.6 Å². The lowest BCUT2D eigenvalue weighted by Crippen LogP contribution is -2.11. The van der Waals surface area contributed by atoms with Gasteiger partial charge in [0.05, 0.1) is 11.9 Å². The largest absolute Gasteiger partial charge is 0.503 e. The molecule has 5 nitrogen and oxygen atoms in total. The van der Waals surface area contributed by atoms with Crippen LogP contribution in [0.15, 0.2) is 58.6 Å². The fourth-order valence-corrected chi connectivity index (χ4v) is 2.76. The van der Waals surface area contributed by atoms with Crippen molar-refractivity contribution >= 4 is 22.4 Å². The number of benzene rings is 1. The van der Waals surface area contributed by atoms with Crippen LogP contribution in [0.25, 0.3) is 16.6 Å². The quantitative estimate of drug-likeness (QED) is 0.557. The van der Waals surface area contributed by atoms with Crippen LogP contribution in [0.1, 0.15) is 31.5 Å². The van der Waals surface area contributed by atoms with Gasteiger partial charge < -0.3 is 9.67 Å². The molecule has 3 aromatic rings. The summed E-state index contributed by atoms with van der Waals surface area (Å²) in [4.78, 5) is 20.2. The van der Waals surface area contributed by atoms with Gasteiger partial charge in [0, 0.05) is 28.9 Å². The topological polar surface area (TPSA) is 67.5 Å². The monoisotopic (exact) mass is 365 g/mol. The van der Waals surface area contributed by atoms with E-state index >= 15 is 4.39 Å². The van der Waals surface area contributed by atoms with Crippen molar-refractivity contribution in [2.45, 2.75) is 27.2 Å². The summed E-state index contributed by atoms with van der Waals surface area (Å²) in [6.45, 7) is 5.48. The molecule has 0 aliphatic carbocycles. The Balaban J connectivity index is 2.12. The lowest BCUT2D eigenvalue weighted by molar-refractivity contribution is 0.466. The van der Waals surface area contributed by atoms with Crippen LogP contribution in [0.2, 0.25) is 0 Å². The molecule has 0 bridgehead atoms. The van der Waals surface area contributed by atoms with Gasteiger partial charge in [0.2, 0.25) is 5.43 Å². The Morgan fingerprint density at radius 2 is 2.04 bits per heavy atom. The SMILES string of the molecule is CC/C=C(\N=C(C)n1ccc(=O)c(O)c1)c1ccc2ccc(C)nc2c1F. The highest BCUT2D eigenvalue weighted by Gasteiger charge is 2.13. The summed E-state index contributed by atoms with van der Waals surface area (Å²) in [7, 11) is 0. The molecule has 2 heterocycles. The van der Waals surface area contributed by atoms with Crippen molar-refractivity contribution in [3.05, 3.63) is 76.1 Å². The van der Waals surface area contributed by atoms with Crippen LogP contribution >= 0.6 is 0 Å². The molecule has 6 heteroatoms. The highest BCUT2D eigenvalue weighted by atomic mass is 19.1. The van der Waals surface area contributed by atoms with E-state index in [9.17, 15) is 9.90 Å². The van der Waals surface area contributed by atoms with Crippen molar-refractivity contribution in [3.63, 3.8) is 0 Å². The van der Waals surface area contributed by atoms with Crippen LogP contribution in [-0.2, 0) is 0 Å². The van der Waals surface area contributed by atoms with Gasteiger partial charge in [-0.25, -0.2) is 9.38 Å². The highest BCUT2D eigenvalue weighted by molar-refractivity contribution is 5.90. The molecule has 0 amide bonds. The predicted octanol–water partition coefficient (Wildman–Crippen LogP) is 4.27. The van der Waals surface area contributed by atoms with E-state index in [1.807, 2.05) is 38.1 Å². The van der Waals surface area contributed by atoms with Crippen molar-refractivity contribution in [1.29, 1.82) is 0 Å². The van der Waals surface area contributed by atoms with E-state index < -0.39 is 11.2 Å². The third kappa shape index (κ3) is 3.79. The molecule has 0 atom stereocenters. The number of hydrogen-bond acceptors (Lipinski definition) is 4. The van der Waals surface area contributed by atoms with Crippen molar-refractivity contribution < 1.29 is 9.50 Å². The minimum atomic E-state index is -0.467. The summed E-state index contributed by atoms with van der Waals surface area (Å²) in [5, 5.41) is 10.3. The fraction of sp³-hybridized carbons (Fsp3) is 0.190. The second-order valence-electron chi connectivity index (χ2n) is 6.21. The summed E-state index contributed by atoms with van der Waals surface area (Å²) in [6.07, 6.45) is 5.28. The first-order valence-corrected chi connectivity index (χ1v) is 8.64. The second kappa shape index (κ2) is 7.53. The molecule has 2 aromatic heterocycles. The lowest BCUT2D eigenvalue weighted by atomic mass is 10.1. The molecule has 0 saturated carbocycles. The maximum absolute atomic E-state index is 15.1. The number of rotatable bonds is 3. The molecule has 0 saturated heterocycles. The van der Waals surface area contributed by atoms with Gasteiger partial charge in [-0.2, -0.15) is 0 Å². The third-order valence-corrected chi connectivity index (χ3v) is 4.17. The Hall–Kier alpha value is -3.28. The summed E-state index contributed by atoms with van der Waals surface area (Å²) in [5.74, 6) is -0.304. The predicted molar refractivity (Wildman–Crippen MR) is 106 cm³/mol. The number of pyridine rings is 2. The van der Waals surface area contributed by atoms with Gasteiger partial charge in [0.1, 0.15) is 11.4 Å². The molecule has 0 fully saturated rings. The Morgan fingerprint density at radius 3 is 2.74 bits per heavy atom. The number of nitrogens with zero attached hydrogens (tertiary/aromatic N) is 3. The Bertz CT molecular complexity index is 1130. The number of allylic oxidation sites excluding steroid dienone is 1. The van der Waals surface area contributed by atoms with E-state index in [1.165, 1.54) is 23.0 Å². The smallest absolute Gasteiger partial charge is 0.223 e. The molecule has 3 rings (SSSR count). The summed E-state index contributed by atoms with van der Waals surface area (Å²) < 4.78 is 16.6. The zero-order chi connectivity index (χ0) is 19.6. The zero-order valence-electron chi connectivity index (χ0n) is 15.4.